The molecule has 0 aliphatic heterocycles. The highest BCUT2D eigenvalue weighted by Gasteiger charge is 2.14. The van der Waals surface area contributed by atoms with Gasteiger partial charge in [-0.25, -0.2) is 13.1 Å². The van der Waals surface area contributed by atoms with E-state index >= 15 is 0 Å². The third kappa shape index (κ3) is 5.43. The van der Waals surface area contributed by atoms with E-state index in [1.807, 2.05) is 18.2 Å². The van der Waals surface area contributed by atoms with Gasteiger partial charge in [-0.05, 0) is 30.7 Å². The number of nitriles is 1. The third-order valence-corrected chi connectivity index (χ3v) is 5.95. The van der Waals surface area contributed by atoms with Gasteiger partial charge in [-0.1, -0.05) is 30.3 Å². The number of hydrogen-bond donors (Lipinski definition) is 1. The van der Waals surface area contributed by atoms with Crippen LogP contribution in [0.15, 0.2) is 53.4 Å². The fraction of sp³-hybridized carbons (Fsp3) is 0.222. The fourth-order valence-corrected chi connectivity index (χ4v) is 4.22. The summed E-state index contributed by atoms with van der Waals surface area (Å²) in [5.41, 5.74) is 1.94. The second kappa shape index (κ2) is 8.81. The standard InChI is InChI=1S/C18H18N2O3S2/c1-14(21)15-7-4-8-18(11-15)25(22,23)20-9-10-24-13-17-6-3-2-5-16(17)12-19/h2-8,11,20H,9-10,13H2,1H3. The molecule has 0 spiro atoms. The highest BCUT2D eigenvalue weighted by molar-refractivity contribution is 7.98. The van der Waals surface area contributed by atoms with E-state index in [0.717, 1.165) is 5.56 Å². The first kappa shape index (κ1) is 19.2. The van der Waals surface area contributed by atoms with Crippen LogP contribution in [0.5, 0.6) is 0 Å². The van der Waals surface area contributed by atoms with E-state index in [1.54, 1.807) is 30.0 Å². The molecule has 25 heavy (non-hydrogen) atoms. The first-order chi connectivity index (χ1) is 11.9. The number of thioether (sulfide) groups is 1. The molecule has 5 nitrogen and oxygen atoms in total. The molecule has 2 aromatic rings. The lowest BCUT2D eigenvalue weighted by Crippen LogP contribution is -2.26. The van der Waals surface area contributed by atoms with Crippen LogP contribution >= 0.6 is 11.8 Å². The summed E-state index contributed by atoms with van der Waals surface area (Å²) in [6.07, 6.45) is 0. The Labute approximate surface area is 152 Å². The number of ketones is 1. The quantitative estimate of drug-likeness (QED) is 0.567. The van der Waals surface area contributed by atoms with Crippen molar-refractivity contribution in [2.75, 3.05) is 12.3 Å². The predicted molar refractivity (Wildman–Crippen MR) is 99.0 cm³/mol. The SMILES string of the molecule is CC(=O)c1cccc(S(=O)(=O)NCCSCc2ccccc2C#N)c1. The summed E-state index contributed by atoms with van der Waals surface area (Å²) in [4.78, 5) is 11.5. The smallest absolute Gasteiger partial charge is 0.240 e. The van der Waals surface area contributed by atoms with Gasteiger partial charge in [0.25, 0.3) is 0 Å². The van der Waals surface area contributed by atoms with Crippen LogP contribution in [0.25, 0.3) is 0 Å². The maximum atomic E-state index is 12.3. The Morgan fingerprint density at radius 3 is 2.68 bits per heavy atom. The van der Waals surface area contributed by atoms with E-state index in [-0.39, 0.29) is 17.2 Å². The molecule has 0 unspecified atom stereocenters. The van der Waals surface area contributed by atoms with Gasteiger partial charge in [-0.2, -0.15) is 17.0 Å². The molecule has 0 saturated heterocycles. The molecule has 130 valence electrons. The number of sulfonamides is 1. The molecule has 0 amide bonds. The van der Waals surface area contributed by atoms with Crippen molar-refractivity contribution in [3.8, 4) is 6.07 Å². The Morgan fingerprint density at radius 1 is 1.20 bits per heavy atom. The number of rotatable bonds is 8. The first-order valence-electron chi connectivity index (χ1n) is 7.60. The molecule has 7 heteroatoms. The van der Waals surface area contributed by atoms with Gasteiger partial charge in [-0.15, -0.1) is 0 Å². The molecule has 0 heterocycles. The van der Waals surface area contributed by atoms with Crippen LogP contribution in [0.4, 0.5) is 0 Å². The lowest BCUT2D eigenvalue weighted by atomic mass is 10.1. The molecule has 0 fully saturated rings. The zero-order valence-corrected chi connectivity index (χ0v) is 15.4. The zero-order chi connectivity index (χ0) is 18.3. The lowest BCUT2D eigenvalue weighted by Gasteiger charge is -2.08. The molecular weight excluding hydrogens is 356 g/mol. The minimum atomic E-state index is -3.64. The largest absolute Gasteiger partial charge is 0.295 e. The van der Waals surface area contributed by atoms with Crippen molar-refractivity contribution >= 4 is 27.6 Å². The van der Waals surface area contributed by atoms with E-state index < -0.39 is 10.0 Å². The van der Waals surface area contributed by atoms with Crippen molar-refractivity contribution in [2.45, 2.75) is 17.6 Å². The van der Waals surface area contributed by atoms with E-state index in [2.05, 4.69) is 10.8 Å². The minimum absolute atomic E-state index is 0.0834. The number of nitrogens with one attached hydrogen (secondary N) is 1. The maximum Gasteiger partial charge on any atom is 0.240 e. The average molecular weight is 374 g/mol. The summed E-state index contributed by atoms with van der Waals surface area (Å²) in [6, 6.07) is 15.5. The zero-order valence-electron chi connectivity index (χ0n) is 13.7. The van der Waals surface area contributed by atoms with Gasteiger partial charge in [0.15, 0.2) is 5.78 Å². The number of benzene rings is 2. The number of carbonyl (C=O) groups is 1. The van der Waals surface area contributed by atoms with Crippen molar-refractivity contribution in [2.24, 2.45) is 0 Å². The van der Waals surface area contributed by atoms with E-state index in [1.165, 1.54) is 19.1 Å². The Hall–Kier alpha value is -2.14. The maximum absolute atomic E-state index is 12.3. The monoisotopic (exact) mass is 374 g/mol. The molecule has 2 rings (SSSR count). The van der Waals surface area contributed by atoms with Crippen LogP contribution in [0, 0.1) is 11.3 Å². The molecule has 0 atom stereocenters. The summed E-state index contributed by atoms with van der Waals surface area (Å²) in [5, 5.41) is 9.04. The Kier molecular flexibility index (Phi) is 6.76. The van der Waals surface area contributed by atoms with Gasteiger partial charge in [0.05, 0.1) is 16.5 Å². The first-order valence-corrected chi connectivity index (χ1v) is 10.2. The van der Waals surface area contributed by atoms with E-state index in [9.17, 15) is 13.2 Å². The molecule has 0 aliphatic carbocycles. The summed E-state index contributed by atoms with van der Waals surface area (Å²) in [6.45, 7) is 1.67. The lowest BCUT2D eigenvalue weighted by molar-refractivity contribution is 0.101. The second-order valence-corrected chi connectivity index (χ2v) is 8.18. The molecule has 2 aromatic carbocycles. The Balaban J connectivity index is 1.88. The van der Waals surface area contributed by atoms with Gasteiger partial charge >= 0.3 is 0 Å². The number of carbonyl (C=O) groups excluding carboxylic acids is 1. The normalized spacial score (nSPS) is 11.0. The van der Waals surface area contributed by atoms with Crippen LogP contribution in [0.1, 0.15) is 28.4 Å². The van der Waals surface area contributed by atoms with Gasteiger partial charge in [0.2, 0.25) is 10.0 Å². The second-order valence-electron chi connectivity index (χ2n) is 5.30. The van der Waals surface area contributed by atoms with Crippen LogP contribution in [0.2, 0.25) is 0 Å². The van der Waals surface area contributed by atoms with Crippen LogP contribution < -0.4 is 4.72 Å². The molecule has 0 bridgehead atoms. The summed E-state index contributed by atoms with van der Waals surface area (Å²) < 4.78 is 27.1. The van der Waals surface area contributed by atoms with Crippen molar-refractivity contribution in [1.29, 1.82) is 5.26 Å². The van der Waals surface area contributed by atoms with Gasteiger partial charge < -0.3 is 0 Å². The van der Waals surface area contributed by atoms with Gasteiger partial charge in [-0.3, -0.25) is 4.79 Å². The molecular formula is C18H18N2O3S2. The Morgan fingerprint density at radius 2 is 1.96 bits per heavy atom. The van der Waals surface area contributed by atoms with E-state index in [0.29, 0.717) is 22.6 Å². The van der Waals surface area contributed by atoms with Crippen molar-refractivity contribution < 1.29 is 13.2 Å². The van der Waals surface area contributed by atoms with Crippen molar-refractivity contribution in [1.82, 2.24) is 4.72 Å². The highest BCUT2D eigenvalue weighted by atomic mass is 32.2. The molecule has 0 saturated carbocycles. The van der Waals surface area contributed by atoms with Gasteiger partial charge in [0, 0.05) is 23.6 Å². The van der Waals surface area contributed by atoms with Gasteiger partial charge in [0.1, 0.15) is 0 Å². The Bertz CT molecular complexity index is 903. The minimum Gasteiger partial charge on any atom is -0.295 e. The van der Waals surface area contributed by atoms with Crippen molar-refractivity contribution in [3.05, 3.63) is 65.2 Å². The molecule has 0 aromatic heterocycles. The summed E-state index contributed by atoms with van der Waals surface area (Å²) in [5.74, 6) is 1.04. The summed E-state index contributed by atoms with van der Waals surface area (Å²) in [7, 11) is -3.64. The van der Waals surface area contributed by atoms with E-state index in [4.69, 9.17) is 5.26 Å². The highest BCUT2D eigenvalue weighted by Crippen LogP contribution is 2.16. The van der Waals surface area contributed by atoms with Crippen LogP contribution in [0.3, 0.4) is 0 Å². The third-order valence-electron chi connectivity index (χ3n) is 3.48. The number of hydrogen-bond acceptors (Lipinski definition) is 5. The van der Waals surface area contributed by atoms with Crippen LogP contribution in [-0.4, -0.2) is 26.5 Å². The molecule has 1 N–H and O–H groups in total. The molecule has 0 radical (unpaired) electrons. The topological polar surface area (TPSA) is 87.0 Å². The molecule has 0 aliphatic rings. The fourth-order valence-electron chi connectivity index (χ4n) is 2.15. The average Bonchev–Trinajstić information content (AvgIpc) is 2.61. The van der Waals surface area contributed by atoms with Crippen LogP contribution in [-0.2, 0) is 15.8 Å². The number of Topliss-reactive ketones (excluding diaryl/α,β-unsaturated/α-hetero) is 1. The summed E-state index contributed by atoms with van der Waals surface area (Å²) >= 11 is 1.55. The number of nitrogens with zero attached hydrogens (tertiary/aromatic N) is 1. The van der Waals surface area contributed by atoms with Crippen molar-refractivity contribution in [3.63, 3.8) is 0 Å². The predicted octanol–water partition coefficient (Wildman–Crippen LogP) is 2.97.